The lowest BCUT2D eigenvalue weighted by atomic mass is 10.1. The van der Waals surface area contributed by atoms with Crippen LogP contribution in [-0.2, 0) is 0 Å². The number of halogens is 4. The quantitative estimate of drug-likeness (QED) is 0.361. The maximum atomic E-state index is 13.6. The third-order valence-electron chi connectivity index (χ3n) is 4.93. The summed E-state index contributed by atoms with van der Waals surface area (Å²) in [6.45, 7) is 1.51. The van der Waals surface area contributed by atoms with Gasteiger partial charge in [-0.05, 0) is 13.0 Å². The molecular weight excluding hydrogens is 458 g/mol. The average Bonchev–Trinajstić information content (AvgIpc) is 3.32. The number of hydrogen-bond acceptors (Lipinski definition) is 8. The summed E-state index contributed by atoms with van der Waals surface area (Å²) in [6.07, 6.45) is -4.67. The molecule has 1 aromatic carbocycles. The van der Waals surface area contributed by atoms with Gasteiger partial charge in [0.25, 0.3) is 18.4 Å². The number of hydrogen-bond donors (Lipinski definition) is 3. The Labute approximate surface area is 188 Å². The summed E-state index contributed by atoms with van der Waals surface area (Å²) in [5.41, 5.74) is 2.84. The average molecular weight is 473 g/mol. The number of rotatable bonds is 6. The van der Waals surface area contributed by atoms with E-state index in [1.165, 1.54) is 31.3 Å². The number of nitrogens with two attached hydrogens (primary N) is 1. The first kappa shape index (κ1) is 22.6. The van der Waals surface area contributed by atoms with Crippen LogP contribution in [0.5, 0.6) is 0 Å². The van der Waals surface area contributed by atoms with Gasteiger partial charge in [0.2, 0.25) is 5.95 Å². The van der Waals surface area contributed by atoms with E-state index in [4.69, 9.17) is 5.73 Å². The highest BCUT2D eigenvalue weighted by Crippen LogP contribution is 2.30. The van der Waals surface area contributed by atoms with Crippen LogP contribution < -0.4 is 16.6 Å². The molecule has 4 aromatic rings. The van der Waals surface area contributed by atoms with E-state index in [1.54, 1.807) is 6.07 Å². The van der Waals surface area contributed by atoms with Crippen molar-refractivity contribution in [2.75, 3.05) is 11.1 Å². The fourth-order valence-corrected chi connectivity index (χ4v) is 3.49. The number of alkyl halides is 4. The highest BCUT2D eigenvalue weighted by atomic mass is 19.3. The first-order chi connectivity index (χ1) is 16.2. The van der Waals surface area contributed by atoms with Crippen LogP contribution in [0.3, 0.4) is 0 Å². The van der Waals surface area contributed by atoms with Crippen molar-refractivity contribution >= 4 is 22.7 Å². The lowest BCUT2D eigenvalue weighted by molar-refractivity contribution is 0.145. The van der Waals surface area contributed by atoms with Crippen molar-refractivity contribution in [1.29, 1.82) is 5.26 Å². The molecule has 174 valence electrons. The molecule has 0 bridgehead atoms. The topological polar surface area (TPSA) is 151 Å². The Morgan fingerprint density at radius 3 is 2.53 bits per heavy atom. The van der Waals surface area contributed by atoms with Crippen molar-refractivity contribution in [2.45, 2.75) is 25.8 Å². The van der Waals surface area contributed by atoms with Crippen molar-refractivity contribution in [1.82, 2.24) is 29.7 Å². The third-order valence-corrected chi connectivity index (χ3v) is 4.93. The molecule has 1 atom stereocenters. The minimum absolute atomic E-state index is 0.00167. The predicted octanol–water partition coefficient (Wildman–Crippen LogP) is 3.40. The van der Waals surface area contributed by atoms with Crippen LogP contribution in [0.25, 0.3) is 16.7 Å². The van der Waals surface area contributed by atoms with Crippen molar-refractivity contribution < 1.29 is 17.6 Å². The standard InChI is InChI=1S/C20H15F4N9O/c1-8(28-17-10(7-25)14(16(23)24)30-20(26)31-17)18-29-11-4-2-3-9(15(21)22)13(11)19(34)33(18)12-5-6-27-32-12/h2-6,8,15-16H,1H3,(H,27,32)(H3,26,28,30,31). The van der Waals surface area contributed by atoms with E-state index in [1.807, 2.05) is 0 Å². The molecular formula is C20H15F4N9O. The number of nitrogen functional groups attached to an aromatic ring is 1. The zero-order valence-electron chi connectivity index (χ0n) is 17.3. The van der Waals surface area contributed by atoms with Gasteiger partial charge in [0.1, 0.15) is 29.0 Å². The fourth-order valence-electron chi connectivity index (χ4n) is 3.49. The molecule has 0 radical (unpaired) electrons. The highest BCUT2D eigenvalue weighted by molar-refractivity contribution is 5.82. The summed E-state index contributed by atoms with van der Waals surface area (Å²) in [4.78, 5) is 25.0. The first-order valence-corrected chi connectivity index (χ1v) is 9.68. The zero-order valence-corrected chi connectivity index (χ0v) is 17.3. The molecule has 14 heteroatoms. The van der Waals surface area contributed by atoms with Gasteiger partial charge in [-0.3, -0.25) is 9.89 Å². The van der Waals surface area contributed by atoms with Crippen LogP contribution in [0.2, 0.25) is 0 Å². The van der Waals surface area contributed by atoms with Gasteiger partial charge in [-0.25, -0.2) is 32.1 Å². The summed E-state index contributed by atoms with van der Waals surface area (Å²) in [7, 11) is 0. The lowest BCUT2D eigenvalue weighted by Crippen LogP contribution is -2.28. The van der Waals surface area contributed by atoms with Gasteiger partial charge in [-0.1, -0.05) is 12.1 Å². The second-order valence-corrected chi connectivity index (χ2v) is 7.06. The number of fused-ring (bicyclic) bond motifs is 1. The summed E-state index contributed by atoms with van der Waals surface area (Å²) in [5.74, 6) is -0.663. The molecule has 3 heterocycles. The molecule has 4 N–H and O–H groups in total. The molecule has 0 amide bonds. The van der Waals surface area contributed by atoms with Crippen LogP contribution in [0.15, 0.2) is 35.3 Å². The Morgan fingerprint density at radius 2 is 1.91 bits per heavy atom. The van der Waals surface area contributed by atoms with Gasteiger partial charge in [0.05, 0.1) is 23.1 Å². The maximum Gasteiger partial charge on any atom is 0.281 e. The molecule has 34 heavy (non-hydrogen) atoms. The van der Waals surface area contributed by atoms with E-state index in [0.29, 0.717) is 0 Å². The molecule has 0 saturated carbocycles. The fraction of sp³-hybridized carbons (Fsp3) is 0.200. The van der Waals surface area contributed by atoms with Gasteiger partial charge in [0.15, 0.2) is 5.82 Å². The number of nitriles is 1. The SMILES string of the molecule is CC(Nc1nc(N)nc(C(F)F)c1C#N)c1nc2cccc(C(F)F)c2c(=O)n1-c1ccn[nH]1. The molecule has 0 spiro atoms. The van der Waals surface area contributed by atoms with Gasteiger partial charge < -0.3 is 11.1 Å². The minimum Gasteiger partial charge on any atom is -0.368 e. The molecule has 1 unspecified atom stereocenters. The Bertz CT molecular complexity index is 1460. The monoisotopic (exact) mass is 473 g/mol. The Kier molecular flexibility index (Phi) is 5.84. The minimum atomic E-state index is -3.09. The van der Waals surface area contributed by atoms with E-state index in [0.717, 1.165) is 10.6 Å². The number of nitrogens with zero attached hydrogens (tertiary/aromatic N) is 6. The molecule has 0 aliphatic heterocycles. The van der Waals surface area contributed by atoms with Gasteiger partial charge in [-0.2, -0.15) is 15.3 Å². The van der Waals surface area contributed by atoms with E-state index in [9.17, 15) is 27.6 Å². The van der Waals surface area contributed by atoms with Crippen LogP contribution in [-0.4, -0.2) is 29.7 Å². The Hall–Kier alpha value is -4.54. The van der Waals surface area contributed by atoms with E-state index >= 15 is 0 Å². The van der Waals surface area contributed by atoms with Crippen molar-refractivity contribution in [2.24, 2.45) is 0 Å². The van der Waals surface area contributed by atoms with Crippen LogP contribution >= 0.6 is 0 Å². The van der Waals surface area contributed by atoms with Crippen molar-refractivity contribution in [3.05, 3.63) is 63.5 Å². The normalized spacial score (nSPS) is 12.3. The molecule has 0 saturated heterocycles. The largest absolute Gasteiger partial charge is 0.368 e. The summed E-state index contributed by atoms with van der Waals surface area (Å²) in [5, 5.41) is 18.2. The first-order valence-electron chi connectivity index (χ1n) is 9.68. The molecule has 10 nitrogen and oxygen atoms in total. The molecule has 0 fully saturated rings. The van der Waals surface area contributed by atoms with E-state index in [2.05, 4.69) is 30.5 Å². The van der Waals surface area contributed by atoms with Crippen molar-refractivity contribution in [3.63, 3.8) is 0 Å². The Balaban J connectivity index is 1.93. The smallest absolute Gasteiger partial charge is 0.281 e. The van der Waals surface area contributed by atoms with Gasteiger partial charge >= 0.3 is 0 Å². The number of aromatic nitrogens is 6. The highest BCUT2D eigenvalue weighted by Gasteiger charge is 2.26. The van der Waals surface area contributed by atoms with Gasteiger partial charge in [-0.15, -0.1) is 0 Å². The predicted molar refractivity (Wildman–Crippen MR) is 113 cm³/mol. The van der Waals surface area contributed by atoms with E-state index in [-0.39, 0.29) is 28.4 Å². The van der Waals surface area contributed by atoms with Gasteiger partial charge in [0, 0.05) is 11.6 Å². The van der Waals surface area contributed by atoms with Crippen molar-refractivity contribution in [3.8, 4) is 11.9 Å². The molecule has 0 aliphatic rings. The third kappa shape index (κ3) is 3.87. The number of nitrogens with one attached hydrogen (secondary N) is 2. The second kappa shape index (κ2) is 8.77. The number of anilines is 2. The number of H-pyrrole nitrogens is 1. The van der Waals surface area contributed by atoms with E-state index < -0.39 is 47.2 Å². The lowest BCUT2D eigenvalue weighted by Gasteiger charge is -2.20. The molecule has 3 aromatic heterocycles. The second-order valence-electron chi connectivity index (χ2n) is 7.06. The number of benzene rings is 1. The van der Waals surface area contributed by atoms with Crippen LogP contribution in [0.4, 0.5) is 29.3 Å². The summed E-state index contributed by atoms with van der Waals surface area (Å²) in [6, 6.07) is 5.97. The molecule has 4 rings (SSSR count). The molecule has 0 aliphatic carbocycles. The maximum absolute atomic E-state index is 13.6. The van der Waals surface area contributed by atoms with Crippen LogP contribution in [0.1, 0.15) is 48.5 Å². The zero-order chi connectivity index (χ0) is 24.6. The summed E-state index contributed by atoms with van der Waals surface area (Å²) >= 11 is 0. The number of aromatic amines is 1. The van der Waals surface area contributed by atoms with Crippen LogP contribution in [0, 0.1) is 11.3 Å². The summed E-state index contributed by atoms with van der Waals surface area (Å²) < 4.78 is 54.9. The Morgan fingerprint density at radius 1 is 1.15 bits per heavy atom.